The highest BCUT2D eigenvalue weighted by Crippen LogP contribution is 2.37. The van der Waals surface area contributed by atoms with Crippen LogP contribution in [0.15, 0.2) is 36.4 Å². The van der Waals surface area contributed by atoms with Gasteiger partial charge < -0.3 is 9.84 Å². The van der Waals surface area contributed by atoms with Gasteiger partial charge in [-0.2, -0.15) is 0 Å². The second-order valence-corrected chi connectivity index (χ2v) is 3.93. The molecule has 0 unspecified atom stereocenters. The zero-order valence-corrected chi connectivity index (χ0v) is 10.0. The van der Waals surface area contributed by atoms with Crippen LogP contribution in [0.25, 0.3) is 11.3 Å². The Labute approximate surface area is 111 Å². The van der Waals surface area contributed by atoms with Crippen molar-refractivity contribution in [2.24, 2.45) is 0 Å². The van der Waals surface area contributed by atoms with E-state index < -0.39 is 12.1 Å². The van der Waals surface area contributed by atoms with E-state index in [9.17, 15) is 18.3 Å². The molecule has 100 valence electrons. The number of aromatic nitrogens is 1. The largest absolute Gasteiger partial charge is 0.573 e. The number of ether oxygens (including phenoxy) is 1. The first-order valence-electron chi connectivity index (χ1n) is 5.07. The van der Waals surface area contributed by atoms with Crippen LogP contribution in [0.5, 0.6) is 11.5 Å². The summed E-state index contributed by atoms with van der Waals surface area (Å²) in [5, 5.41) is 9.70. The molecule has 0 fully saturated rings. The highest BCUT2D eigenvalue weighted by molar-refractivity contribution is 6.29. The van der Waals surface area contributed by atoms with Crippen molar-refractivity contribution in [3.63, 3.8) is 0 Å². The molecule has 2 aromatic rings. The van der Waals surface area contributed by atoms with Gasteiger partial charge in [0.25, 0.3) is 0 Å². The third-order valence-corrected chi connectivity index (χ3v) is 2.42. The predicted octanol–water partition coefficient (Wildman–Crippen LogP) is 4.01. The van der Waals surface area contributed by atoms with Crippen molar-refractivity contribution in [3.05, 3.63) is 41.6 Å². The van der Waals surface area contributed by atoms with Crippen molar-refractivity contribution in [2.75, 3.05) is 0 Å². The van der Waals surface area contributed by atoms with Gasteiger partial charge in [0.1, 0.15) is 22.3 Å². The SMILES string of the molecule is Oc1ccc(Cl)nc1-c1ccccc1OC(F)(F)F. The molecule has 0 saturated carbocycles. The number of aromatic hydroxyl groups is 1. The maximum atomic E-state index is 12.3. The van der Waals surface area contributed by atoms with Crippen molar-refractivity contribution in [1.82, 2.24) is 4.98 Å². The van der Waals surface area contributed by atoms with Crippen LogP contribution in [0.3, 0.4) is 0 Å². The fraction of sp³-hybridized carbons (Fsp3) is 0.0833. The Hall–Kier alpha value is -1.95. The van der Waals surface area contributed by atoms with Crippen LogP contribution in [-0.4, -0.2) is 16.5 Å². The Morgan fingerprint density at radius 3 is 2.47 bits per heavy atom. The number of pyridine rings is 1. The fourth-order valence-corrected chi connectivity index (χ4v) is 1.65. The normalized spacial score (nSPS) is 11.4. The van der Waals surface area contributed by atoms with Crippen LogP contribution in [0.2, 0.25) is 5.15 Å². The smallest absolute Gasteiger partial charge is 0.506 e. The molecule has 0 saturated heterocycles. The molecule has 2 rings (SSSR count). The number of rotatable bonds is 2. The van der Waals surface area contributed by atoms with E-state index in [-0.39, 0.29) is 22.2 Å². The molecule has 0 spiro atoms. The first-order chi connectivity index (χ1) is 8.87. The number of para-hydroxylation sites is 1. The molecule has 0 aliphatic carbocycles. The number of nitrogens with zero attached hydrogens (tertiary/aromatic N) is 1. The molecular weight excluding hydrogens is 283 g/mol. The van der Waals surface area contributed by atoms with Gasteiger partial charge >= 0.3 is 6.36 Å². The first kappa shape index (κ1) is 13.5. The molecule has 1 heterocycles. The van der Waals surface area contributed by atoms with Gasteiger partial charge in [0.15, 0.2) is 0 Å². The Morgan fingerprint density at radius 2 is 1.79 bits per heavy atom. The number of halogens is 4. The topological polar surface area (TPSA) is 42.4 Å². The summed E-state index contributed by atoms with van der Waals surface area (Å²) < 4.78 is 40.7. The maximum absolute atomic E-state index is 12.3. The van der Waals surface area contributed by atoms with Gasteiger partial charge in [0.05, 0.1) is 0 Å². The Balaban J connectivity index is 2.53. The molecule has 0 aliphatic heterocycles. The molecule has 0 atom stereocenters. The van der Waals surface area contributed by atoms with Gasteiger partial charge in [-0.3, -0.25) is 0 Å². The zero-order valence-electron chi connectivity index (χ0n) is 9.28. The van der Waals surface area contributed by atoms with Crippen molar-refractivity contribution in [1.29, 1.82) is 0 Å². The number of hydrogen-bond acceptors (Lipinski definition) is 3. The molecule has 3 nitrogen and oxygen atoms in total. The minimum atomic E-state index is -4.83. The van der Waals surface area contributed by atoms with E-state index in [1.807, 2.05) is 0 Å². The maximum Gasteiger partial charge on any atom is 0.573 e. The van der Waals surface area contributed by atoms with Gasteiger partial charge in [-0.25, -0.2) is 4.98 Å². The van der Waals surface area contributed by atoms with E-state index in [2.05, 4.69) is 9.72 Å². The summed E-state index contributed by atoms with van der Waals surface area (Å²) >= 11 is 5.67. The number of hydrogen-bond donors (Lipinski definition) is 1. The van der Waals surface area contributed by atoms with Crippen LogP contribution in [0.1, 0.15) is 0 Å². The molecule has 7 heteroatoms. The van der Waals surface area contributed by atoms with E-state index in [0.29, 0.717) is 0 Å². The van der Waals surface area contributed by atoms with Crippen LogP contribution < -0.4 is 4.74 Å². The highest BCUT2D eigenvalue weighted by Gasteiger charge is 2.32. The lowest BCUT2D eigenvalue weighted by Crippen LogP contribution is -2.17. The van der Waals surface area contributed by atoms with Crippen molar-refractivity contribution < 1.29 is 23.0 Å². The van der Waals surface area contributed by atoms with Crippen LogP contribution in [0.4, 0.5) is 13.2 Å². The Bertz CT molecular complexity index is 602. The summed E-state index contributed by atoms with van der Waals surface area (Å²) in [5.41, 5.74) is -0.0767. The van der Waals surface area contributed by atoms with Gasteiger partial charge in [0.2, 0.25) is 0 Å². The quantitative estimate of drug-likeness (QED) is 0.850. The second kappa shape index (κ2) is 4.97. The van der Waals surface area contributed by atoms with E-state index in [4.69, 9.17) is 11.6 Å². The summed E-state index contributed by atoms with van der Waals surface area (Å²) in [6, 6.07) is 7.93. The van der Waals surface area contributed by atoms with Gasteiger partial charge in [-0.05, 0) is 24.3 Å². The van der Waals surface area contributed by atoms with Crippen LogP contribution >= 0.6 is 11.6 Å². The van der Waals surface area contributed by atoms with Gasteiger partial charge in [0, 0.05) is 5.56 Å². The summed E-state index contributed by atoms with van der Waals surface area (Å²) in [4.78, 5) is 3.80. The lowest BCUT2D eigenvalue weighted by atomic mass is 10.1. The third-order valence-electron chi connectivity index (χ3n) is 2.21. The van der Waals surface area contributed by atoms with Crippen LogP contribution in [-0.2, 0) is 0 Å². The second-order valence-electron chi connectivity index (χ2n) is 3.55. The third kappa shape index (κ3) is 3.29. The minimum absolute atomic E-state index is 0.000162. The number of benzene rings is 1. The van der Waals surface area contributed by atoms with Crippen molar-refractivity contribution in [2.45, 2.75) is 6.36 Å². The molecule has 1 N–H and O–H groups in total. The van der Waals surface area contributed by atoms with Crippen molar-refractivity contribution >= 4 is 11.6 Å². The average molecular weight is 290 g/mol. The molecule has 19 heavy (non-hydrogen) atoms. The average Bonchev–Trinajstić information content (AvgIpc) is 2.31. The number of alkyl halides is 3. The molecule has 0 bridgehead atoms. The van der Waals surface area contributed by atoms with E-state index in [1.165, 1.54) is 30.3 Å². The summed E-state index contributed by atoms with van der Waals surface area (Å²) in [6.45, 7) is 0. The van der Waals surface area contributed by atoms with E-state index >= 15 is 0 Å². The Kier molecular flexibility index (Phi) is 3.53. The minimum Gasteiger partial charge on any atom is -0.506 e. The summed E-state index contributed by atoms with van der Waals surface area (Å²) in [7, 11) is 0. The first-order valence-corrected chi connectivity index (χ1v) is 5.45. The lowest BCUT2D eigenvalue weighted by molar-refractivity contribution is -0.274. The van der Waals surface area contributed by atoms with Gasteiger partial charge in [-0.15, -0.1) is 13.2 Å². The molecule has 0 radical (unpaired) electrons. The highest BCUT2D eigenvalue weighted by atomic mass is 35.5. The molecule has 0 amide bonds. The van der Waals surface area contributed by atoms with E-state index in [1.54, 1.807) is 0 Å². The molecule has 1 aromatic carbocycles. The Morgan fingerprint density at radius 1 is 1.11 bits per heavy atom. The monoisotopic (exact) mass is 289 g/mol. The zero-order chi connectivity index (χ0) is 14.0. The summed E-state index contributed by atoms with van der Waals surface area (Å²) in [5.74, 6) is -0.748. The van der Waals surface area contributed by atoms with Crippen LogP contribution in [0, 0.1) is 0 Å². The van der Waals surface area contributed by atoms with Gasteiger partial charge in [-0.1, -0.05) is 23.7 Å². The molecule has 0 aliphatic rings. The molecule has 1 aromatic heterocycles. The fourth-order valence-electron chi connectivity index (χ4n) is 1.50. The van der Waals surface area contributed by atoms with Crippen molar-refractivity contribution in [3.8, 4) is 22.8 Å². The van der Waals surface area contributed by atoms with E-state index in [0.717, 1.165) is 6.07 Å². The summed E-state index contributed by atoms with van der Waals surface area (Å²) in [6.07, 6.45) is -4.83. The standard InChI is InChI=1S/C12H7ClF3NO2/c13-10-6-5-8(18)11(17-10)7-3-1-2-4-9(7)19-12(14,15)16/h1-6,18H. The lowest BCUT2D eigenvalue weighted by Gasteiger charge is -2.13. The predicted molar refractivity (Wildman–Crippen MR) is 63.0 cm³/mol. The molecular formula is C12H7ClF3NO2.